The molecular weight excluding hydrogens is 222 g/mol. The highest BCUT2D eigenvalue weighted by Crippen LogP contribution is 2.26. The van der Waals surface area contributed by atoms with Gasteiger partial charge in [-0.15, -0.1) is 0 Å². The highest BCUT2D eigenvalue weighted by molar-refractivity contribution is 5.50. The molecule has 2 N–H and O–H groups in total. The molecule has 0 amide bonds. The molecule has 0 radical (unpaired) electrons. The average molecular weight is 243 g/mol. The van der Waals surface area contributed by atoms with Crippen LogP contribution in [0.5, 0.6) is 0 Å². The number of nitrogens with two attached hydrogens (primary N) is 1. The van der Waals surface area contributed by atoms with Gasteiger partial charge in [0, 0.05) is 24.3 Å². The zero-order chi connectivity index (χ0) is 13.0. The van der Waals surface area contributed by atoms with Gasteiger partial charge in [-0.2, -0.15) is 5.26 Å². The van der Waals surface area contributed by atoms with E-state index in [1.54, 1.807) is 0 Å². The first-order valence-electron chi connectivity index (χ1n) is 6.77. The molecule has 0 aliphatic heterocycles. The van der Waals surface area contributed by atoms with Crippen LogP contribution >= 0.6 is 0 Å². The summed E-state index contributed by atoms with van der Waals surface area (Å²) in [7, 11) is 0. The van der Waals surface area contributed by atoms with Gasteiger partial charge >= 0.3 is 0 Å². The van der Waals surface area contributed by atoms with Crippen molar-refractivity contribution in [1.82, 2.24) is 0 Å². The smallest absolute Gasteiger partial charge is 0.0991 e. The van der Waals surface area contributed by atoms with Gasteiger partial charge in [0.1, 0.15) is 0 Å². The summed E-state index contributed by atoms with van der Waals surface area (Å²) in [4.78, 5) is 2.44. The zero-order valence-electron chi connectivity index (χ0n) is 11.0. The van der Waals surface area contributed by atoms with E-state index in [4.69, 9.17) is 11.0 Å². The fraction of sp³-hybridized carbons (Fsp3) is 0.533. The van der Waals surface area contributed by atoms with E-state index in [9.17, 15) is 0 Å². The number of benzene rings is 1. The summed E-state index contributed by atoms with van der Waals surface area (Å²) in [6.07, 6.45) is 4.60. The van der Waals surface area contributed by atoms with Gasteiger partial charge in [-0.05, 0) is 56.9 Å². The summed E-state index contributed by atoms with van der Waals surface area (Å²) in [6, 6.07) is 11.0. The molecule has 0 unspecified atom stereocenters. The monoisotopic (exact) mass is 243 g/mol. The summed E-state index contributed by atoms with van der Waals surface area (Å²) in [5, 5.41) is 8.82. The summed E-state index contributed by atoms with van der Waals surface area (Å²) in [6.45, 7) is 3.19. The van der Waals surface area contributed by atoms with Crippen molar-refractivity contribution >= 4 is 5.69 Å². The van der Waals surface area contributed by atoms with Crippen LogP contribution in [0.25, 0.3) is 0 Å². The van der Waals surface area contributed by atoms with Gasteiger partial charge in [0.15, 0.2) is 0 Å². The molecule has 0 saturated heterocycles. The van der Waals surface area contributed by atoms with E-state index < -0.39 is 0 Å². The first-order valence-corrected chi connectivity index (χ1v) is 6.77. The SMILES string of the molecule is CCN(c1ccc(C#N)cc1)C1CCC(N)CC1. The van der Waals surface area contributed by atoms with Crippen molar-refractivity contribution in [3.8, 4) is 6.07 Å². The lowest BCUT2D eigenvalue weighted by Crippen LogP contribution is -2.40. The molecule has 0 heterocycles. The van der Waals surface area contributed by atoms with Crippen molar-refractivity contribution in [2.45, 2.75) is 44.7 Å². The number of rotatable bonds is 3. The molecule has 96 valence electrons. The molecule has 1 fully saturated rings. The number of anilines is 1. The maximum Gasteiger partial charge on any atom is 0.0991 e. The minimum Gasteiger partial charge on any atom is -0.369 e. The first-order chi connectivity index (χ1) is 8.74. The Labute approximate surface area is 109 Å². The third-order valence-corrected chi connectivity index (χ3v) is 3.85. The molecule has 1 aliphatic rings. The normalized spacial score (nSPS) is 23.4. The third kappa shape index (κ3) is 2.83. The van der Waals surface area contributed by atoms with Crippen LogP contribution in [0.4, 0.5) is 5.69 Å². The summed E-state index contributed by atoms with van der Waals surface area (Å²) >= 11 is 0. The molecule has 3 nitrogen and oxygen atoms in total. The van der Waals surface area contributed by atoms with Crippen LogP contribution in [0.1, 0.15) is 38.2 Å². The second-order valence-corrected chi connectivity index (χ2v) is 5.01. The molecule has 2 rings (SSSR count). The number of hydrogen-bond acceptors (Lipinski definition) is 3. The molecule has 1 aromatic rings. The molecule has 0 bridgehead atoms. The van der Waals surface area contributed by atoms with Gasteiger partial charge in [-0.25, -0.2) is 0 Å². The second kappa shape index (κ2) is 5.88. The van der Waals surface area contributed by atoms with Crippen LogP contribution in [0.3, 0.4) is 0 Å². The second-order valence-electron chi connectivity index (χ2n) is 5.01. The van der Waals surface area contributed by atoms with Crippen LogP contribution in [0.15, 0.2) is 24.3 Å². The van der Waals surface area contributed by atoms with E-state index in [1.165, 1.54) is 18.5 Å². The maximum atomic E-state index is 8.82. The largest absolute Gasteiger partial charge is 0.369 e. The fourth-order valence-corrected chi connectivity index (χ4v) is 2.79. The van der Waals surface area contributed by atoms with Crippen molar-refractivity contribution in [3.63, 3.8) is 0 Å². The Hall–Kier alpha value is -1.53. The Morgan fingerprint density at radius 3 is 2.33 bits per heavy atom. The van der Waals surface area contributed by atoms with Gasteiger partial charge in [0.25, 0.3) is 0 Å². The van der Waals surface area contributed by atoms with Crippen LogP contribution in [-0.2, 0) is 0 Å². The van der Waals surface area contributed by atoms with Crippen molar-refractivity contribution < 1.29 is 0 Å². The van der Waals surface area contributed by atoms with Gasteiger partial charge in [-0.3, -0.25) is 0 Å². The topological polar surface area (TPSA) is 53.0 Å². The summed E-state index contributed by atoms with van der Waals surface area (Å²) in [5.41, 5.74) is 7.90. The molecule has 1 saturated carbocycles. The molecule has 18 heavy (non-hydrogen) atoms. The van der Waals surface area contributed by atoms with E-state index in [2.05, 4.69) is 30.0 Å². The molecule has 1 aromatic carbocycles. The molecular formula is C15H21N3. The standard InChI is InChI=1S/C15H21N3/c1-2-18(15-9-5-13(17)6-10-15)14-7-3-12(11-16)4-8-14/h3-4,7-8,13,15H,2,5-6,9-10,17H2,1H3. The van der Waals surface area contributed by atoms with Gasteiger partial charge in [0.2, 0.25) is 0 Å². The predicted molar refractivity (Wildman–Crippen MR) is 74.4 cm³/mol. The molecule has 0 atom stereocenters. The van der Waals surface area contributed by atoms with Gasteiger partial charge in [0.05, 0.1) is 11.6 Å². The Bertz CT molecular complexity index is 410. The van der Waals surface area contributed by atoms with Crippen molar-refractivity contribution in [2.24, 2.45) is 5.73 Å². The minimum atomic E-state index is 0.390. The molecule has 3 heteroatoms. The summed E-state index contributed by atoms with van der Waals surface area (Å²) in [5.74, 6) is 0. The van der Waals surface area contributed by atoms with Crippen molar-refractivity contribution in [3.05, 3.63) is 29.8 Å². The molecule has 0 aromatic heterocycles. The highest BCUT2D eigenvalue weighted by Gasteiger charge is 2.23. The Balaban J connectivity index is 2.10. The fourth-order valence-electron chi connectivity index (χ4n) is 2.79. The first kappa shape index (κ1) is 12.9. The number of hydrogen-bond donors (Lipinski definition) is 1. The van der Waals surface area contributed by atoms with E-state index >= 15 is 0 Å². The third-order valence-electron chi connectivity index (χ3n) is 3.85. The van der Waals surface area contributed by atoms with Crippen LogP contribution in [0, 0.1) is 11.3 Å². The Morgan fingerprint density at radius 2 is 1.83 bits per heavy atom. The minimum absolute atomic E-state index is 0.390. The van der Waals surface area contributed by atoms with Gasteiger partial charge < -0.3 is 10.6 Å². The highest BCUT2D eigenvalue weighted by atomic mass is 15.2. The molecule has 0 spiro atoms. The van der Waals surface area contributed by atoms with Crippen LogP contribution in [0.2, 0.25) is 0 Å². The van der Waals surface area contributed by atoms with E-state index in [-0.39, 0.29) is 0 Å². The van der Waals surface area contributed by atoms with Crippen molar-refractivity contribution in [2.75, 3.05) is 11.4 Å². The Morgan fingerprint density at radius 1 is 1.22 bits per heavy atom. The van der Waals surface area contributed by atoms with E-state index in [0.717, 1.165) is 24.9 Å². The average Bonchev–Trinajstić information content (AvgIpc) is 2.42. The number of nitriles is 1. The predicted octanol–water partition coefficient (Wildman–Crippen LogP) is 2.65. The quantitative estimate of drug-likeness (QED) is 0.888. The maximum absolute atomic E-state index is 8.82. The van der Waals surface area contributed by atoms with E-state index in [0.29, 0.717) is 12.1 Å². The summed E-state index contributed by atoms with van der Waals surface area (Å²) < 4.78 is 0. The van der Waals surface area contributed by atoms with Crippen LogP contribution < -0.4 is 10.6 Å². The van der Waals surface area contributed by atoms with Gasteiger partial charge in [-0.1, -0.05) is 0 Å². The molecule has 1 aliphatic carbocycles. The van der Waals surface area contributed by atoms with E-state index in [1.807, 2.05) is 12.1 Å². The lowest BCUT2D eigenvalue weighted by molar-refractivity contribution is 0.378. The Kier molecular flexibility index (Phi) is 4.22. The zero-order valence-corrected chi connectivity index (χ0v) is 11.0. The number of nitrogens with zero attached hydrogens (tertiary/aromatic N) is 2. The lowest BCUT2D eigenvalue weighted by atomic mass is 9.90. The van der Waals surface area contributed by atoms with Crippen LogP contribution in [-0.4, -0.2) is 18.6 Å². The van der Waals surface area contributed by atoms with Crippen molar-refractivity contribution in [1.29, 1.82) is 5.26 Å². The lowest BCUT2D eigenvalue weighted by Gasteiger charge is -2.37.